The normalized spacial score (nSPS) is 14.9. The van der Waals surface area contributed by atoms with E-state index in [1.54, 1.807) is 25.3 Å². The average Bonchev–Trinajstić information content (AvgIpc) is 3.10. The van der Waals surface area contributed by atoms with Gasteiger partial charge < -0.3 is 9.73 Å². The molecule has 3 aromatic rings. The summed E-state index contributed by atoms with van der Waals surface area (Å²) in [5.41, 5.74) is 4.73. The Balaban J connectivity index is 1.59. The van der Waals surface area contributed by atoms with E-state index in [9.17, 15) is 18.0 Å². The van der Waals surface area contributed by atoms with E-state index in [2.05, 4.69) is 20.8 Å². The minimum absolute atomic E-state index is 0.183. The van der Waals surface area contributed by atoms with Crippen molar-refractivity contribution in [2.45, 2.75) is 32.4 Å². The molecule has 1 aliphatic carbocycles. The van der Waals surface area contributed by atoms with Crippen LogP contribution in [0.5, 0.6) is 0 Å². The highest BCUT2D eigenvalue weighted by molar-refractivity contribution is 6.09. The molecule has 160 valence electrons. The smallest absolute Gasteiger partial charge is 0.416 e. The van der Waals surface area contributed by atoms with Gasteiger partial charge in [-0.2, -0.15) is 18.3 Å². The Morgan fingerprint density at radius 3 is 2.71 bits per heavy atom. The molecule has 0 spiro atoms. The Labute approximate surface area is 176 Å². The number of halogens is 3. The zero-order valence-electron chi connectivity index (χ0n) is 16.6. The molecule has 1 aromatic carbocycles. The number of rotatable bonds is 4. The Morgan fingerprint density at radius 1 is 1.16 bits per heavy atom. The lowest BCUT2D eigenvalue weighted by Crippen LogP contribution is -2.14. The van der Waals surface area contributed by atoms with Gasteiger partial charge in [0.05, 0.1) is 28.8 Å². The number of hydrazone groups is 1. The highest BCUT2D eigenvalue weighted by Gasteiger charge is 2.31. The maximum Gasteiger partial charge on any atom is 0.416 e. The minimum Gasteiger partial charge on any atom is -0.455 e. The number of nitrogens with zero attached hydrogens (tertiary/aromatic N) is 2. The molecule has 31 heavy (non-hydrogen) atoms. The zero-order chi connectivity index (χ0) is 22.0. The van der Waals surface area contributed by atoms with Crippen LogP contribution in [0.25, 0.3) is 0 Å². The number of carbonyl (C=O) groups is 1. The number of aryl methyl sites for hydroxylation is 1. The summed E-state index contributed by atoms with van der Waals surface area (Å²) in [5, 5.41) is 7.08. The largest absolute Gasteiger partial charge is 0.455 e. The van der Waals surface area contributed by atoms with Crippen molar-refractivity contribution < 1.29 is 22.4 Å². The van der Waals surface area contributed by atoms with Crippen LogP contribution in [0.15, 0.2) is 58.3 Å². The molecule has 0 saturated heterocycles. The van der Waals surface area contributed by atoms with Crippen molar-refractivity contribution in [3.05, 3.63) is 77.0 Å². The molecule has 2 aromatic heterocycles. The summed E-state index contributed by atoms with van der Waals surface area (Å²) in [6, 6.07) is 8.27. The molecule has 0 radical (unpaired) electrons. The van der Waals surface area contributed by atoms with E-state index < -0.39 is 17.6 Å². The van der Waals surface area contributed by atoms with Crippen LogP contribution in [0, 0.1) is 6.92 Å². The molecule has 0 fully saturated rings. The predicted octanol–water partition coefficient (Wildman–Crippen LogP) is 5.41. The summed E-state index contributed by atoms with van der Waals surface area (Å²) >= 11 is 0. The van der Waals surface area contributed by atoms with E-state index in [1.807, 2.05) is 0 Å². The fourth-order valence-corrected chi connectivity index (χ4v) is 3.52. The number of aromatic nitrogens is 1. The number of nitrogens with one attached hydrogen (secondary N) is 2. The third-order valence-corrected chi connectivity index (χ3v) is 4.96. The van der Waals surface area contributed by atoms with Crippen LogP contribution in [0.1, 0.15) is 45.8 Å². The Hall–Kier alpha value is -3.62. The monoisotopic (exact) mass is 428 g/mol. The summed E-state index contributed by atoms with van der Waals surface area (Å²) < 4.78 is 44.6. The molecule has 0 unspecified atom stereocenters. The number of benzene rings is 1. The average molecular weight is 428 g/mol. The minimum atomic E-state index is -4.43. The van der Waals surface area contributed by atoms with Gasteiger partial charge in [0.15, 0.2) is 5.76 Å². The SMILES string of the molecule is Cc1c(C(=O)Nc2cccnc2)oc2c1/C(=N/Nc1cccc(C(F)(F)F)c1)CCC2. The Bertz CT molecular complexity index is 1140. The van der Waals surface area contributed by atoms with Crippen molar-refractivity contribution in [2.75, 3.05) is 10.7 Å². The molecule has 2 heterocycles. The lowest BCUT2D eigenvalue weighted by atomic mass is 9.93. The third kappa shape index (κ3) is 4.45. The van der Waals surface area contributed by atoms with Gasteiger partial charge in [-0.15, -0.1) is 0 Å². The highest BCUT2D eigenvalue weighted by atomic mass is 19.4. The van der Waals surface area contributed by atoms with Crippen LogP contribution in [0.3, 0.4) is 0 Å². The number of furan rings is 1. The van der Waals surface area contributed by atoms with Crippen molar-refractivity contribution >= 4 is 23.0 Å². The van der Waals surface area contributed by atoms with Gasteiger partial charge in [0.25, 0.3) is 5.91 Å². The number of carbonyl (C=O) groups excluding carboxylic acids is 1. The number of hydrogen-bond donors (Lipinski definition) is 2. The number of hydrogen-bond acceptors (Lipinski definition) is 5. The molecule has 0 bridgehead atoms. The maximum absolute atomic E-state index is 12.9. The lowest BCUT2D eigenvalue weighted by Gasteiger charge is -2.14. The molecular weight excluding hydrogens is 409 g/mol. The van der Waals surface area contributed by atoms with E-state index in [-0.39, 0.29) is 11.4 Å². The van der Waals surface area contributed by atoms with Crippen molar-refractivity contribution in [3.63, 3.8) is 0 Å². The van der Waals surface area contributed by atoms with Crippen LogP contribution in [-0.4, -0.2) is 16.6 Å². The van der Waals surface area contributed by atoms with Crippen molar-refractivity contribution in [2.24, 2.45) is 5.10 Å². The fraction of sp³-hybridized carbons (Fsp3) is 0.227. The van der Waals surface area contributed by atoms with E-state index in [0.717, 1.165) is 24.1 Å². The number of anilines is 2. The van der Waals surface area contributed by atoms with Gasteiger partial charge in [0.1, 0.15) is 5.76 Å². The predicted molar refractivity (Wildman–Crippen MR) is 110 cm³/mol. The fourth-order valence-electron chi connectivity index (χ4n) is 3.52. The number of amides is 1. The first-order valence-electron chi connectivity index (χ1n) is 9.67. The Morgan fingerprint density at radius 2 is 1.97 bits per heavy atom. The molecule has 9 heteroatoms. The zero-order valence-corrected chi connectivity index (χ0v) is 16.6. The summed E-state index contributed by atoms with van der Waals surface area (Å²) in [5.74, 6) is 0.428. The molecule has 6 nitrogen and oxygen atoms in total. The van der Waals surface area contributed by atoms with Gasteiger partial charge in [-0.25, -0.2) is 0 Å². The molecular formula is C22H19F3N4O2. The van der Waals surface area contributed by atoms with Crippen LogP contribution in [-0.2, 0) is 12.6 Å². The third-order valence-electron chi connectivity index (χ3n) is 4.96. The first-order chi connectivity index (χ1) is 14.8. The summed E-state index contributed by atoms with van der Waals surface area (Å²) in [6.07, 6.45) is 0.726. The second kappa shape index (κ2) is 8.25. The van der Waals surface area contributed by atoms with Gasteiger partial charge >= 0.3 is 6.18 Å². The first-order valence-corrected chi connectivity index (χ1v) is 9.67. The molecule has 2 N–H and O–H groups in total. The quantitative estimate of drug-likeness (QED) is 0.545. The standard InChI is InChI=1S/C22H19F3N4O2/c1-13-19-17(29-28-15-6-2-5-14(11-15)22(23,24)25)8-3-9-18(19)31-20(13)21(30)27-16-7-4-10-26-12-16/h2,4-7,10-12,28H,3,8-9H2,1H3,(H,27,30)/b29-17+. The molecule has 4 rings (SSSR count). The molecule has 0 aliphatic heterocycles. The second-order valence-electron chi connectivity index (χ2n) is 7.15. The van der Waals surface area contributed by atoms with E-state index in [0.29, 0.717) is 35.6 Å². The van der Waals surface area contributed by atoms with Gasteiger partial charge in [-0.1, -0.05) is 6.07 Å². The van der Waals surface area contributed by atoms with Crippen LogP contribution < -0.4 is 10.7 Å². The number of alkyl halides is 3. The molecule has 1 amide bonds. The first kappa shape index (κ1) is 20.6. The summed E-state index contributed by atoms with van der Waals surface area (Å²) in [4.78, 5) is 16.6. The van der Waals surface area contributed by atoms with Crippen molar-refractivity contribution in [3.8, 4) is 0 Å². The topological polar surface area (TPSA) is 79.5 Å². The van der Waals surface area contributed by atoms with E-state index in [1.165, 1.54) is 18.3 Å². The van der Waals surface area contributed by atoms with Gasteiger partial charge in [0.2, 0.25) is 0 Å². The van der Waals surface area contributed by atoms with Crippen LogP contribution in [0.4, 0.5) is 24.5 Å². The number of fused-ring (bicyclic) bond motifs is 1. The number of pyridine rings is 1. The highest BCUT2D eigenvalue weighted by Crippen LogP contribution is 2.32. The van der Waals surface area contributed by atoms with Gasteiger partial charge in [-0.05, 0) is 50.1 Å². The van der Waals surface area contributed by atoms with Crippen LogP contribution in [0.2, 0.25) is 0 Å². The molecule has 0 saturated carbocycles. The van der Waals surface area contributed by atoms with Gasteiger partial charge in [-0.3, -0.25) is 15.2 Å². The van der Waals surface area contributed by atoms with Gasteiger partial charge in [0, 0.05) is 23.7 Å². The molecule has 0 atom stereocenters. The van der Waals surface area contributed by atoms with E-state index in [4.69, 9.17) is 4.42 Å². The van der Waals surface area contributed by atoms with Crippen molar-refractivity contribution in [1.82, 2.24) is 4.98 Å². The Kier molecular flexibility index (Phi) is 5.50. The van der Waals surface area contributed by atoms with Crippen LogP contribution >= 0.6 is 0 Å². The van der Waals surface area contributed by atoms with Crippen molar-refractivity contribution in [1.29, 1.82) is 0 Å². The second-order valence-corrected chi connectivity index (χ2v) is 7.15. The lowest BCUT2D eigenvalue weighted by molar-refractivity contribution is -0.137. The molecule has 1 aliphatic rings. The summed E-state index contributed by atoms with van der Waals surface area (Å²) in [7, 11) is 0. The summed E-state index contributed by atoms with van der Waals surface area (Å²) in [6.45, 7) is 1.77. The van der Waals surface area contributed by atoms with E-state index >= 15 is 0 Å². The maximum atomic E-state index is 12.9.